The van der Waals surface area contributed by atoms with Gasteiger partial charge in [-0.15, -0.1) is 0 Å². The van der Waals surface area contributed by atoms with E-state index in [1.807, 2.05) is 6.92 Å². The molecule has 0 aliphatic rings. The van der Waals surface area contributed by atoms with Crippen molar-refractivity contribution < 1.29 is 18.0 Å². The molecule has 124 valence electrons. The van der Waals surface area contributed by atoms with Gasteiger partial charge >= 0.3 is 12.2 Å². The summed E-state index contributed by atoms with van der Waals surface area (Å²) in [5, 5.41) is 8.85. The van der Waals surface area contributed by atoms with Gasteiger partial charge in [-0.1, -0.05) is 11.6 Å². The molecular weight excluding hydrogens is 333 g/mol. The van der Waals surface area contributed by atoms with Crippen LogP contribution in [-0.2, 0) is 19.8 Å². The number of hydrogen-bond donors (Lipinski definition) is 2. The number of anilines is 1. The third-order valence-electron chi connectivity index (χ3n) is 3.32. The number of halogens is 4. The minimum absolute atomic E-state index is 0.0973. The van der Waals surface area contributed by atoms with Crippen molar-refractivity contribution in [1.82, 2.24) is 15.1 Å². The molecule has 0 aliphatic heterocycles. The smallest absolute Gasteiger partial charge is 0.334 e. The van der Waals surface area contributed by atoms with Gasteiger partial charge in [-0.25, -0.2) is 4.79 Å². The molecule has 5 nitrogen and oxygen atoms in total. The summed E-state index contributed by atoms with van der Waals surface area (Å²) < 4.78 is 39.3. The summed E-state index contributed by atoms with van der Waals surface area (Å²) in [4.78, 5) is 11.8. The molecule has 0 aliphatic carbocycles. The number of benzene rings is 1. The largest absolute Gasteiger partial charge is 0.416 e. The second kappa shape index (κ2) is 6.49. The Bertz CT molecular complexity index is 727. The maximum atomic E-state index is 12.5. The van der Waals surface area contributed by atoms with Crippen molar-refractivity contribution in [2.75, 3.05) is 5.32 Å². The lowest BCUT2D eigenvalue weighted by Gasteiger charge is -2.11. The van der Waals surface area contributed by atoms with Crippen LogP contribution in [0.5, 0.6) is 0 Å². The Kier molecular flexibility index (Phi) is 4.84. The summed E-state index contributed by atoms with van der Waals surface area (Å²) >= 11 is 5.77. The van der Waals surface area contributed by atoms with Gasteiger partial charge in [0.05, 0.1) is 22.5 Å². The predicted molar refractivity (Wildman–Crippen MR) is 80.3 cm³/mol. The molecule has 0 radical (unpaired) electrons. The molecular formula is C14H14ClF3N4O. The molecule has 23 heavy (non-hydrogen) atoms. The highest BCUT2D eigenvalue weighted by Gasteiger charge is 2.30. The Morgan fingerprint density at radius 1 is 1.39 bits per heavy atom. The molecule has 9 heteroatoms. The number of alkyl halides is 3. The molecule has 0 saturated carbocycles. The van der Waals surface area contributed by atoms with Crippen molar-refractivity contribution in [2.24, 2.45) is 7.05 Å². The van der Waals surface area contributed by atoms with Crippen LogP contribution < -0.4 is 10.6 Å². The summed E-state index contributed by atoms with van der Waals surface area (Å²) in [6.45, 7) is 2.10. The van der Waals surface area contributed by atoms with Crippen molar-refractivity contribution in [3.05, 3.63) is 46.2 Å². The molecule has 2 rings (SSSR count). The third-order valence-corrected chi connectivity index (χ3v) is 3.63. The molecule has 1 heterocycles. The van der Waals surface area contributed by atoms with E-state index >= 15 is 0 Å². The predicted octanol–water partition coefficient (Wildman–Crippen LogP) is 3.72. The Hall–Kier alpha value is -2.22. The number of aromatic nitrogens is 2. The maximum absolute atomic E-state index is 12.5. The van der Waals surface area contributed by atoms with Gasteiger partial charge in [-0.3, -0.25) is 4.68 Å². The number of carbonyl (C=O) groups excluding carboxylic acids is 1. The van der Waals surface area contributed by atoms with Crippen LogP contribution in [0.2, 0.25) is 5.02 Å². The summed E-state index contributed by atoms with van der Waals surface area (Å²) in [5.74, 6) is 0. The first kappa shape index (κ1) is 17.1. The van der Waals surface area contributed by atoms with Gasteiger partial charge in [0.2, 0.25) is 0 Å². The topological polar surface area (TPSA) is 59.0 Å². The van der Waals surface area contributed by atoms with Crippen molar-refractivity contribution in [3.8, 4) is 0 Å². The lowest BCUT2D eigenvalue weighted by atomic mass is 10.2. The number of nitrogens with one attached hydrogen (secondary N) is 2. The zero-order valence-corrected chi connectivity index (χ0v) is 13.1. The van der Waals surface area contributed by atoms with Gasteiger partial charge in [-0.05, 0) is 25.1 Å². The van der Waals surface area contributed by atoms with E-state index in [2.05, 4.69) is 15.7 Å². The number of amides is 2. The van der Waals surface area contributed by atoms with Crippen molar-refractivity contribution in [3.63, 3.8) is 0 Å². The number of urea groups is 1. The molecule has 1 aromatic carbocycles. The number of hydrogen-bond acceptors (Lipinski definition) is 2. The van der Waals surface area contributed by atoms with Gasteiger partial charge < -0.3 is 10.6 Å². The molecule has 1 aromatic heterocycles. The van der Waals surface area contributed by atoms with E-state index in [4.69, 9.17) is 11.6 Å². The number of rotatable bonds is 3. The molecule has 0 atom stereocenters. The van der Waals surface area contributed by atoms with Crippen LogP contribution >= 0.6 is 11.6 Å². The standard InChI is InChI=1S/C14H14ClF3N4O/c1-8-9(7-20-22(8)2)6-19-13(23)21-12-4-3-10(5-11(12)15)14(16,17)18/h3-5,7H,6H2,1-2H3,(H2,19,21,23). The van der Waals surface area contributed by atoms with Crippen molar-refractivity contribution in [2.45, 2.75) is 19.6 Å². The first-order valence-electron chi connectivity index (χ1n) is 6.57. The second-order valence-corrected chi connectivity index (χ2v) is 5.29. The first-order chi connectivity index (χ1) is 10.7. The summed E-state index contributed by atoms with van der Waals surface area (Å²) in [6.07, 6.45) is -2.86. The fourth-order valence-electron chi connectivity index (χ4n) is 1.85. The highest BCUT2D eigenvalue weighted by atomic mass is 35.5. The highest BCUT2D eigenvalue weighted by Crippen LogP contribution is 2.33. The van der Waals surface area contributed by atoms with Gasteiger partial charge in [0, 0.05) is 24.8 Å². The highest BCUT2D eigenvalue weighted by molar-refractivity contribution is 6.33. The minimum Gasteiger partial charge on any atom is -0.334 e. The average molecular weight is 347 g/mol. The molecule has 0 spiro atoms. The Morgan fingerprint density at radius 3 is 2.61 bits per heavy atom. The molecule has 2 aromatic rings. The Morgan fingerprint density at radius 2 is 2.09 bits per heavy atom. The van der Waals surface area contributed by atoms with E-state index < -0.39 is 17.8 Å². The SMILES string of the molecule is Cc1c(CNC(=O)Nc2ccc(C(F)(F)F)cc2Cl)cnn1C. The van der Waals surface area contributed by atoms with Crippen LogP contribution in [0.3, 0.4) is 0 Å². The van der Waals surface area contributed by atoms with Crippen LogP contribution in [0, 0.1) is 6.92 Å². The zero-order chi connectivity index (χ0) is 17.2. The number of aryl methyl sites for hydroxylation is 1. The monoisotopic (exact) mass is 346 g/mol. The lowest BCUT2D eigenvalue weighted by Crippen LogP contribution is -2.28. The number of carbonyl (C=O) groups is 1. The van der Waals surface area contributed by atoms with E-state index in [9.17, 15) is 18.0 Å². The lowest BCUT2D eigenvalue weighted by molar-refractivity contribution is -0.137. The fourth-order valence-corrected chi connectivity index (χ4v) is 2.08. The zero-order valence-electron chi connectivity index (χ0n) is 12.3. The molecule has 0 bridgehead atoms. The fraction of sp³-hybridized carbons (Fsp3) is 0.286. The normalized spacial score (nSPS) is 11.4. The van der Waals surface area contributed by atoms with E-state index in [-0.39, 0.29) is 17.3 Å². The maximum Gasteiger partial charge on any atom is 0.416 e. The van der Waals surface area contributed by atoms with E-state index in [0.29, 0.717) is 0 Å². The van der Waals surface area contributed by atoms with Crippen LogP contribution in [0.4, 0.5) is 23.7 Å². The van der Waals surface area contributed by atoms with Crippen LogP contribution in [-0.4, -0.2) is 15.8 Å². The summed E-state index contributed by atoms with van der Waals surface area (Å²) in [5.41, 5.74) is 0.957. The van der Waals surface area contributed by atoms with Gasteiger partial charge in [0.15, 0.2) is 0 Å². The average Bonchev–Trinajstić information content (AvgIpc) is 2.77. The van der Waals surface area contributed by atoms with E-state index in [1.54, 1.807) is 17.9 Å². The van der Waals surface area contributed by atoms with Gasteiger partial charge in [-0.2, -0.15) is 18.3 Å². The molecule has 2 amide bonds. The van der Waals surface area contributed by atoms with Crippen molar-refractivity contribution >= 4 is 23.3 Å². The number of nitrogens with zero attached hydrogens (tertiary/aromatic N) is 2. The molecule has 2 N–H and O–H groups in total. The van der Waals surface area contributed by atoms with E-state index in [0.717, 1.165) is 29.5 Å². The van der Waals surface area contributed by atoms with Crippen LogP contribution in [0.15, 0.2) is 24.4 Å². The Balaban J connectivity index is 1.99. The molecule has 0 unspecified atom stereocenters. The quantitative estimate of drug-likeness (QED) is 0.889. The molecule has 0 saturated heterocycles. The summed E-state index contributed by atoms with van der Waals surface area (Å²) in [6, 6.07) is 2.16. The second-order valence-electron chi connectivity index (χ2n) is 4.88. The first-order valence-corrected chi connectivity index (χ1v) is 6.95. The van der Waals surface area contributed by atoms with Gasteiger partial charge in [0.25, 0.3) is 0 Å². The van der Waals surface area contributed by atoms with Crippen LogP contribution in [0.25, 0.3) is 0 Å². The Labute approximate surface area is 135 Å². The third kappa shape index (κ3) is 4.16. The minimum atomic E-state index is -4.48. The van der Waals surface area contributed by atoms with E-state index in [1.165, 1.54) is 0 Å². The van der Waals surface area contributed by atoms with Crippen molar-refractivity contribution in [1.29, 1.82) is 0 Å². The molecule has 0 fully saturated rings. The van der Waals surface area contributed by atoms with Crippen LogP contribution in [0.1, 0.15) is 16.8 Å². The van der Waals surface area contributed by atoms with Gasteiger partial charge in [0.1, 0.15) is 0 Å². The summed E-state index contributed by atoms with van der Waals surface area (Å²) in [7, 11) is 1.78.